The molecule has 2 N–H and O–H groups in total. The van der Waals surface area contributed by atoms with Crippen molar-refractivity contribution in [3.05, 3.63) is 0 Å². The van der Waals surface area contributed by atoms with Crippen LogP contribution in [0.3, 0.4) is 0 Å². The minimum absolute atomic E-state index is 0.819. The number of ether oxygens (including phenoxy) is 1. The van der Waals surface area contributed by atoms with E-state index in [2.05, 4.69) is 29.6 Å². The van der Waals surface area contributed by atoms with Crippen molar-refractivity contribution in [1.29, 1.82) is 0 Å². The molecule has 0 spiro atoms. The Labute approximate surface area is 175 Å². The van der Waals surface area contributed by atoms with Gasteiger partial charge in [0.05, 0.1) is 0 Å². The van der Waals surface area contributed by atoms with E-state index in [1.165, 1.54) is 0 Å². The number of amides is 1. The minimum Gasteiger partial charge on any atom is -0.392 e. The Morgan fingerprint density at radius 3 is 1.65 bits per heavy atom. The Bertz CT molecular complexity index is 677. The van der Waals surface area contributed by atoms with Gasteiger partial charge in [-0.3, -0.25) is 24.3 Å². The van der Waals surface area contributed by atoms with E-state index in [0.717, 1.165) is 34.6 Å². The van der Waals surface area contributed by atoms with Gasteiger partial charge >= 0.3 is 29.8 Å². The number of rotatable bonds is 12. The molecule has 0 aromatic rings. The lowest BCUT2D eigenvalue weighted by Gasteiger charge is -2.31. The van der Waals surface area contributed by atoms with Crippen LogP contribution in [0.4, 0.5) is 0 Å². The van der Waals surface area contributed by atoms with E-state index in [9.17, 15) is 33.9 Å². The zero-order valence-electron chi connectivity index (χ0n) is 17.3. The van der Waals surface area contributed by atoms with Gasteiger partial charge in [-0.1, -0.05) is 0 Å². The zero-order valence-corrected chi connectivity index (χ0v) is 17.3. The van der Waals surface area contributed by atoms with Crippen molar-refractivity contribution < 1.29 is 67.9 Å². The van der Waals surface area contributed by atoms with Gasteiger partial charge < -0.3 is 15.2 Å². The molecular formula is C16H23NO14. The average Bonchev–Trinajstić information content (AvgIpc) is 2.61. The van der Waals surface area contributed by atoms with Crippen molar-refractivity contribution in [3.8, 4) is 0 Å². The summed E-state index contributed by atoms with van der Waals surface area (Å²) in [7, 11) is 0. The van der Waals surface area contributed by atoms with Crippen LogP contribution in [0.15, 0.2) is 0 Å². The van der Waals surface area contributed by atoms with Gasteiger partial charge in [0.2, 0.25) is 5.91 Å². The number of carbonyl (C=O) groups excluding carboxylic acids is 6. The number of aliphatic hydroxyl groups excluding tert-OH is 1. The molecule has 0 aliphatic rings. The molecule has 0 unspecified atom stereocenters. The van der Waals surface area contributed by atoms with Crippen LogP contribution >= 0.6 is 0 Å². The van der Waals surface area contributed by atoms with Gasteiger partial charge in [0.15, 0.2) is 18.2 Å². The fourth-order valence-corrected chi connectivity index (χ4v) is 1.87. The van der Waals surface area contributed by atoms with E-state index in [1.807, 2.05) is 0 Å². The van der Waals surface area contributed by atoms with E-state index < -0.39 is 66.7 Å². The Hall–Kier alpha value is -3.14. The summed E-state index contributed by atoms with van der Waals surface area (Å²) in [5.41, 5.74) is 0. The molecule has 0 aromatic heterocycles. The van der Waals surface area contributed by atoms with Crippen molar-refractivity contribution in [1.82, 2.24) is 5.32 Å². The number of hydrogen-bond acceptors (Lipinski definition) is 14. The Balaban J connectivity index is 6.01. The van der Waals surface area contributed by atoms with E-state index in [1.54, 1.807) is 0 Å². The number of hydrogen-bond donors (Lipinski definition) is 2. The Kier molecular flexibility index (Phi) is 12.6. The van der Waals surface area contributed by atoms with Gasteiger partial charge in [0, 0.05) is 34.6 Å². The summed E-state index contributed by atoms with van der Waals surface area (Å²) < 4.78 is 4.41. The molecule has 1 amide bonds. The molecule has 0 bridgehead atoms. The third kappa shape index (κ3) is 12.2. The van der Waals surface area contributed by atoms with Crippen LogP contribution in [0.2, 0.25) is 0 Å². The van der Waals surface area contributed by atoms with Gasteiger partial charge in [0.1, 0.15) is 12.7 Å². The number of esters is 2. The Morgan fingerprint density at radius 1 is 0.742 bits per heavy atom. The molecule has 0 heterocycles. The lowest BCUT2D eigenvalue weighted by molar-refractivity contribution is -0.379. The first-order valence-electron chi connectivity index (χ1n) is 8.50. The SMILES string of the molecule is CC(=O)N[C@@H](C(=O)OC(C)=O)[C@@H](OOC(C)=O)[C@H](OOC(C)=O)[C@H](O)COOC(C)=O. The van der Waals surface area contributed by atoms with Crippen LogP contribution in [0.1, 0.15) is 34.6 Å². The van der Waals surface area contributed by atoms with Gasteiger partial charge in [-0.05, 0) is 0 Å². The van der Waals surface area contributed by atoms with E-state index in [0.29, 0.717) is 0 Å². The highest BCUT2D eigenvalue weighted by Gasteiger charge is 2.45. The van der Waals surface area contributed by atoms with Gasteiger partial charge in [-0.15, -0.1) is 0 Å². The standard InChI is InChI=1S/C16H23NO14/c1-7(18)17-13(16(24)26-8(2)19)15(31-29-11(5)22)14(30-28-10(4)21)12(23)6-25-27-9(3)20/h12-15,23H,6H2,1-5H3,(H,17,18)/t12-,13-,14-,15-/m1/s1. The predicted molar refractivity (Wildman–Crippen MR) is 91.4 cm³/mol. The largest absolute Gasteiger partial charge is 0.392 e. The molecular weight excluding hydrogens is 430 g/mol. The second kappa shape index (κ2) is 14.0. The second-order valence-corrected chi connectivity index (χ2v) is 5.79. The van der Waals surface area contributed by atoms with Crippen LogP contribution in [-0.2, 0) is 62.8 Å². The van der Waals surface area contributed by atoms with Gasteiger partial charge in [-0.2, -0.15) is 14.7 Å². The summed E-state index contributed by atoms with van der Waals surface area (Å²) in [6.45, 7) is 3.89. The summed E-state index contributed by atoms with van der Waals surface area (Å²) in [6, 6.07) is -1.93. The van der Waals surface area contributed by atoms with Crippen molar-refractivity contribution in [2.24, 2.45) is 0 Å². The third-order valence-electron chi connectivity index (χ3n) is 2.86. The maximum absolute atomic E-state index is 12.3. The summed E-state index contributed by atoms with van der Waals surface area (Å²) in [6.07, 6.45) is -5.77. The quantitative estimate of drug-likeness (QED) is 0.144. The molecule has 0 saturated heterocycles. The summed E-state index contributed by atoms with van der Waals surface area (Å²) in [5.74, 6) is -6.21. The molecule has 0 radical (unpaired) electrons. The van der Waals surface area contributed by atoms with Crippen LogP contribution < -0.4 is 5.32 Å². The molecule has 0 saturated carbocycles. The predicted octanol–water partition coefficient (Wildman–Crippen LogP) is -1.84. The zero-order chi connectivity index (χ0) is 24.1. The first kappa shape index (κ1) is 27.9. The first-order valence-corrected chi connectivity index (χ1v) is 8.50. The number of carbonyl (C=O) groups is 6. The normalized spacial score (nSPS) is 14.3. The monoisotopic (exact) mass is 453 g/mol. The minimum atomic E-state index is -1.96. The van der Waals surface area contributed by atoms with Crippen molar-refractivity contribution in [3.63, 3.8) is 0 Å². The molecule has 0 rings (SSSR count). The molecule has 31 heavy (non-hydrogen) atoms. The van der Waals surface area contributed by atoms with Crippen LogP contribution in [-0.4, -0.2) is 71.8 Å². The van der Waals surface area contributed by atoms with Gasteiger partial charge in [-0.25, -0.2) is 19.2 Å². The number of nitrogens with one attached hydrogen (secondary N) is 1. The lowest BCUT2D eigenvalue weighted by Crippen LogP contribution is -2.58. The molecule has 15 nitrogen and oxygen atoms in total. The number of aliphatic hydroxyl groups is 1. The maximum Gasteiger partial charge on any atom is 0.339 e. The smallest absolute Gasteiger partial charge is 0.339 e. The van der Waals surface area contributed by atoms with E-state index in [-0.39, 0.29) is 0 Å². The summed E-state index contributed by atoms with van der Waals surface area (Å²) >= 11 is 0. The molecule has 0 fully saturated rings. The highest BCUT2D eigenvalue weighted by molar-refractivity contribution is 5.90. The first-order chi connectivity index (χ1) is 14.3. The molecule has 0 aromatic carbocycles. The summed E-state index contributed by atoms with van der Waals surface area (Å²) in [4.78, 5) is 95.0. The highest BCUT2D eigenvalue weighted by atomic mass is 17.2. The molecule has 176 valence electrons. The molecule has 0 aliphatic carbocycles. The topological polar surface area (TPSA) is 199 Å². The average molecular weight is 453 g/mol. The van der Waals surface area contributed by atoms with Gasteiger partial charge in [0.25, 0.3) is 0 Å². The molecule has 4 atom stereocenters. The third-order valence-corrected chi connectivity index (χ3v) is 2.86. The van der Waals surface area contributed by atoms with Crippen LogP contribution in [0.5, 0.6) is 0 Å². The second-order valence-electron chi connectivity index (χ2n) is 5.79. The Morgan fingerprint density at radius 2 is 1.23 bits per heavy atom. The van der Waals surface area contributed by atoms with E-state index in [4.69, 9.17) is 9.78 Å². The van der Waals surface area contributed by atoms with Crippen LogP contribution in [0, 0.1) is 0 Å². The summed E-state index contributed by atoms with van der Waals surface area (Å²) in [5, 5.41) is 12.4. The van der Waals surface area contributed by atoms with Crippen molar-refractivity contribution >= 4 is 35.8 Å². The van der Waals surface area contributed by atoms with E-state index >= 15 is 0 Å². The van der Waals surface area contributed by atoms with Crippen molar-refractivity contribution in [2.45, 2.75) is 59.0 Å². The molecule has 15 heteroatoms. The van der Waals surface area contributed by atoms with Crippen molar-refractivity contribution in [2.75, 3.05) is 6.61 Å². The fraction of sp³-hybridized carbons (Fsp3) is 0.625. The maximum atomic E-state index is 12.3. The lowest BCUT2D eigenvalue weighted by atomic mass is 10.0. The fourth-order valence-electron chi connectivity index (χ4n) is 1.87. The highest BCUT2D eigenvalue weighted by Crippen LogP contribution is 2.17. The molecule has 0 aliphatic heterocycles. The van der Waals surface area contributed by atoms with Crippen LogP contribution in [0.25, 0.3) is 0 Å².